The molecule has 5 rings (SSSR count). The van der Waals surface area contributed by atoms with Crippen LogP contribution in [0.1, 0.15) is 55.5 Å². The maximum atomic E-state index is 13.5. The van der Waals surface area contributed by atoms with Gasteiger partial charge in [-0.1, -0.05) is 12.1 Å². The summed E-state index contributed by atoms with van der Waals surface area (Å²) in [5.41, 5.74) is 1.37. The monoisotopic (exact) mass is 505 g/mol. The molecule has 2 aromatic carbocycles. The minimum absolute atomic E-state index is 0.0201. The number of carbonyl (C=O) groups excluding carboxylic acids is 2. The maximum Gasteiger partial charge on any atom is 0.257 e. The maximum absolute atomic E-state index is 13.5. The van der Waals surface area contributed by atoms with Gasteiger partial charge in [-0.05, 0) is 75.8 Å². The molecule has 196 valence electrons. The Bertz CT molecular complexity index is 1210. The first-order valence-electron chi connectivity index (χ1n) is 13.0. The molecular formula is C29H35N3O5. The van der Waals surface area contributed by atoms with Crippen LogP contribution in [-0.4, -0.2) is 67.4 Å². The van der Waals surface area contributed by atoms with E-state index in [1.807, 2.05) is 49.1 Å². The van der Waals surface area contributed by atoms with E-state index in [1.54, 1.807) is 31.4 Å². The molecule has 2 aliphatic heterocycles. The Balaban J connectivity index is 1.31. The summed E-state index contributed by atoms with van der Waals surface area (Å²) in [5.74, 6) is 2.47. The molecule has 8 nitrogen and oxygen atoms in total. The van der Waals surface area contributed by atoms with E-state index in [0.717, 1.165) is 11.3 Å². The Morgan fingerprint density at radius 1 is 0.973 bits per heavy atom. The molecule has 0 unspecified atom stereocenters. The van der Waals surface area contributed by atoms with Crippen molar-refractivity contribution in [3.05, 3.63) is 53.6 Å². The number of carbonyl (C=O) groups is 2. The van der Waals surface area contributed by atoms with Gasteiger partial charge < -0.3 is 19.1 Å². The predicted octanol–water partition coefficient (Wildman–Crippen LogP) is 4.37. The van der Waals surface area contributed by atoms with Gasteiger partial charge in [0.05, 0.1) is 43.6 Å². The van der Waals surface area contributed by atoms with E-state index in [9.17, 15) is 9.59 Å². The topological polar surface area (TPSA) is 80.7 Å². The van der Waals surface area contributed by atoms with Crippen LogP contribution >= 0.6 is 0 Å². The number of benzene rings is 2. The van der Waals surface area contributed by atoms with Crippen molar-refractivity contribution in [2.45, 2.75) is 45.6 Å². The Morgan fingerprint density at radius 2 is 1.68 bits per heavy atom. The zero-order valence-electron chi connectivity index (χ0n) is 22.0. The molecule has 0 bridgehead atoms. The molecule has 1 saturated heterocycles. The summed E-state index contributed by atoms with van der Waals surface area (Å²) in [5, 5.41) is 6.50. The molecule has 0 N–H and O–H groups in total. The van der Waals surface area contributed by atoms with Gasteiger partial charge >= 0.3 is 0 Å². The highest BCUT2D eigenvalue weighted by molar-refractivity contribution is 6.19. The molecule has 2 aromatic rings. The average molecular weight is 506 g/mol. The number of methoxy groups -OCH3 is 2. The smallest absolute Gasteiger partial charge is 0.257 e. The summed E-state index contributed by atoms with van der Waals surface area (Å²) >= 11 is 0. The van der Waals surface area contributed by atoms with Crippen LogP contribution in [0, 0.1) is 11.3 Å². The second-order valence-electron chi connectivity index (χ2n) is 10.6. The molecular weight excluding hydrogens is 470 g/mol. The summed E-state index contributed by atoms with van der Waals surface area (Å²) in [6, 6.07) is 13.0. The van der Waals surface area contributed by atoms with E-state index in [0.29, 0.717) is 61.3 Å². The molecule has 0 spiro atoms. The summed E-state index contributed by atoms with van der Waals surface area (Å²) < 4.78 is 16.9. The lowest BCUT2D eigenvalue weighted by molar-refractivity contribution is -0.137. The fourth-order valence-electron chi connectivity index (χ4n) is 5.07. The zero-order valence-corrected chi connectivity index (χ0v) is 22.0. The summed E-state index contributed by atoms with van der Waals surface area (Å²) in [6.07, 6.45) is 3.73. The van der Waals surface area contributed by atoms with Crippen LogP contribution in [0.3, 0.4) is 0 Å². The van der Waals surface area contributed by atoms with Crippen LogP contribution in [-0.2, 0) is 4.79 Å². The van der Waals surface area contributed by atoms with Crippen molar-refractivity contribution < 1.29 is 23.8 Å². The van der Waals surface area contributed by atoms with Gasteiger partial charge in [-0.3, -0.25) is 9.59 Å². The van der Waals surface area contributed by atoms with Crippen molar-refractivity contribution in [3.8, 4) is 17.2 Å². The van der Waals surface area contributed by atoms with Crippen molar-refractivity contribution in [2.75, 3.05) is 33.9 Å². The van der Waals surface area contributed by atoms with Gasteiger partial charge in [0, 0.05) is 18.7 Å². The number of hydrogen-bond acceptors (Lipinski definition) is 6. The second kappa shape index (κ2) is 10.1. The highest BCUT2D eigenvalue weighted by atomic mass is 16.5. The number of nitrogens with zero attached hydrogens (tertiary/aromatic N) is 3. The number of rotatable bonds is 8. The highest BCUT2D eigenvalue weighted by Crippen LogP contribution is 2.39. The van der Waals surface area contributed by atoms with E-state index in [1.165, 1.54) is 12.8 Å². The minimum Gasteiger partial charge on any atom is -0.496 e. The summed E-state index contributed by atoms with van der Waals surface area (Å²) in [4.78, 5) is 28.5. The molecule has 0 aromatic heterocycles. The standard InChI is InChI=1S/C29H35N3O5/c1-29(2)26(20-11-12-24(36-4)25(17-20)37-18-19-9-10-19)30-32(28(29)34)21-13-15-31(16-14-21)27(33)22-7-5-6-8-23(22)35-3/h5-8,11-12,17,19,21H,9-10,13-16,18H2,1-4H3. The summed E-state index contributed by atoms with van der Waals surface area (Å²) in [7, 11) is 3.20. The molecule has 2 fully saturated rings. The number of amides is 2. The zero-order chi connectivity index (χ0) is 26.2. The van der Waals surface area contributed by atoms with E-state index in [4.69, 9.17) is 19.3 Å². The second-order valence-corrected chi connectivity index (χ2v) is 10.6. The molecule has 1 aliphatic carbocycles. The third-order valence-electron chi connectivity index (χ3n) is 7.59. The van der Waals surface area contributed by atoms with Gasteiger partial charge in [0.15, 0.2) is 11.5 Å². The Morgan fingerprint density at radius 3 is 2.35 bits per heavy atom. The number of ether oxygens (including phenoxy) is 3. The van der Waals surface area contributed by atoms with Crippen molar-refractivity contribution in [1.82, 2.24) is 9.91 Å². The van der Waals surface area contributed by atoms with Crippen molar-refractivity contribution >= 4 is 17.5 Å². The van der Waals surface area contributed by atoms with Crippen LogP contribution in [0.4, 0.5) is 0 Å². The van der Waals surface area contributed by atoms with E-state index >= 15 is 0 Å². The van der Waals surface area contributed by atoms with Crippen LogP contribution in [0.15, 0.2) is 47.6 Å². The first-order chi connectivity index (χ1) is 17.8. The number of piperidine rings is 1. The quantitative estimate of drug-likeness (QED) is 0.532. The normalized spacial score (nSPS) is 19.6. The van der Waals surface area contributed by atoms with E-state index in [2.05, 4.69) is 0 Å². The Kier molecular flexibility index (Phi) is 6.84. The van der Waals surface area contributed by atoms with Gasteiger partial charge in [0.1, 0.15) is 5.75 Å². The van der Waals surface area contributed by atoms with Crippen molar-refractivity contribution in [3.63, 3.8) is 0 Å². The van der Waals surface area contributed by atoms with Gasteiger partial charge in [0.25, 0.3) is 11.8 Å². The number of likely N-dealkylation sites (tertiary alicyclic amines) is 1. The summed E-state index contributed by atoms with van der Waals surface area (Å²) in [6.45, 7) is 5.62. The lowest BCUT2D eigenvalue weighted by Crippen LogP contribution is -2.47. The first kappa shape index (κ1) is 25.1. The molecule has 1 saturated carbocycles. The number of hydrazone groups is 1. The lowest BCUT2D eigenvalue weighted by Gasteiger charge is -2.35. The van der Waals surface area contributed by atoms with Gasteiger partial charge in [-0.2, -0.15) is 5.10 Å². The van der Waals surface area contributed by atoms with E-state index in [-0.39, 0.29) is 17.9 Å². The van der Waals surface area contributed by atoms with Crippen molar-refractivity contribution in [2.24, 2.45) is 16.4 Å². The molecule has 0 atom stereocenters. The van der Waals surface area contributed by atoms with Crippen molar-refractivity contribution in [1.29, 1.82) is 0 Å². The SMILES string of the molecule is COc1ccc(C2=NN(C3CCN(C(=O)c4ccccc4OC)CC3)C(=O)C2(C)C)cc1OCC1CC1. The van der Waals surface area contributed by atoms with Crippen LogP contribution in [0.5, 0.6) is 17.2 Å². The van der Waals surface area contributed by atoms with E-state index < -0.39 is 5.41 Å². The number of para-hydroxylation sites is 1. The Labute approximate surface area is 218 Å². The minimum atomic E-state index is -0.771. The molecule has 2 heterocycles. The molecule has 0 radical (unpaired) electrons. The Hall–Kier alpha value is -3.55. The number of hydrogen-bond donors (Lipinski definition) is 0. The molecule has 8 heteroatoms. The van der Waals surface area contributed by atoms with Gasteiger partial charge in [0.2, 0.25) is 0 Å². The van der Waals surface area contributed by atoms with Crippen LogP contribution in [0.2, 0.25) is 0 Å². The van der Waals surface area contributed by atoms with Gasteiger partial charge in [-0.25, -0.2) is 5.01 Å². The van der Waals surface area contributed by atoms with Gasteiger partial charge in [-0.15, -0.1) is 0 Å². The fourth-order valence-corrected chi connectivity index (χ4v) is 5.07. The average Bonchev–Trinajstić information content (AvgIpc) is 3.72. The predicted molar refractivity (Wildman–Crippen MR) is 140 cm³/mol. The molecule has 37 heavy (non-hydrogen) atoms. The molecule has 3 aliphatic rings. The highest BCUT2D eigenvalue weighted by Gasteiger charge is 2.47. The fraction of sp³-hybridized carbons (Fsp3) is 0.483. The third-order valence-corrected chi connectivity index (χ3v) is 7.59. The van der Waals surface area contributed by atoms with Crippen LogP contribution < -0.4 is 14.2 Å². The van der Waals surface area contributed by atoms with Crippen LogP contribution in [0.25, 0.3) is 0 Å². The largest absolute Gasteiger partial charge is 0.496 e. The lowest BCUT2D eigenvalue weighted by atomic mass is 9.83. The molecule has 2 amide bonds. The third kappa shape index (κ3) is 4.89. The first-order valence-corrected chi connectivity index (χ1v) is 13.0.